The number of fused-ring (bicyclic) bond motifs is 3. The lowest BCUT2D eigenvalue weighted by Gasteiger charge is -2.31. The molecule has 5 rings (SSSR count). The number of aromatic nitrogens is 1. The van der Waals surface area contributed by atoms with Gasteiger partial charge in [0, 0.05) is 35.7 Å². The van der Waals surface area contributed by atoms with Crippen molar-refractivity contribution in [1.29, 1.82) is 0 Å². The average Bonchev–Trinajstić information content (AvgIpc) is 2.78. The molecule has 1 fully saturated rings. The highest BCUT2D eigenvalue weighted by atomic mass is 15.1. The van der Waals surface area contributed by atoms with Crippen LogP contribution in [0.1, 0.15) is 80.1 Å². The molecule has 2 heterocycles. The molecule has 2 heteroatoms. The minimum atomic E-state index is 0.612. The third kappa shape index (κ3) is 2.26. The van der Waals surface area contributed by atoms with E-state index in [4.69, 9.17) is 0 Å². The molecule has 0 saturated heterocycles. The van der Waals surface area contributed by atoms with Crippen LogP contribution in [-0.4, -0.2) is 11.1 Å². The molecule has 0 unspecified atom stereocenters. The van der Waals surface area contributed by atoms with Crippen molar-refractivity contribution in [2.24, 2.45) is 0 Å². The number of hydrogen-bond donors (Lipinski definition) is 1. The van der Waals surface area contributed by atoms with Gasteiger partial charge in [-0.15, -0.1) is 0 Å². The normalized spacial score (nSPS) is 25.3. The molecule has 1 atom stereocenters. The van der Waals surface area contributed by atoms with E-state index in [1.54, 1.807) is 22.2 Å². The lowest BCUT2D eigenvalue weighted by molar-refractivity contribution is 0.384. The van der Waals surface area contributed by atoms with Crippen LogP contribution in [0.3, 0.4) is 0 Å². The van der Waals surface area contributed by atoms with E-state index in [-0.39, 0.29) is 0 Å². The highest BCUT2D eigenvalue weighted by Gasteiger charge is 2.30. The lowest BCUT2D eigenvalue weighted by atomic mass is 9.88. The van der Waals surface area contributed by atoms with Crippen molar-refractivity contribution in [1.82, 2.24) is 9.88 Å². The van der Waals surface area contributed by atoms with Gasteiger partial charge in [0.1, 0.15) is 0 Å². The smallest absolute Gasteiger partial charge is 0.0486 e. The van der Waals surface area contributed by atoms with E-state index >= 15 is 0 Å². The van der Waals surface area contributed by atoms with Gasteiger partial charge in [0.05, 0.1) is 0 Å². The van der Waals surface area contributed by atoms with Crippen LogP contribution in [0.4, 0.5) is 0 Å². The lowest BCUT2D eigenvalue weighted by Crippen LogP contribution is -2.35. The molecule has 1 N–H and O–H groups in total. The largest absolute Gasteiger partial charge is 0.342 e. The first-order valence-electron chi connectivity index (χ1n) is 9.80. The fraction of sp³-hybridized carbons (Fsp3) is 0.619. The number of rotatable bonds is 1. The molecule has 2 aliphatic carbocycles. The van der Waals surface area contributed by atoms with Crippen molar-refractivity contribution in [2.45, 2.75) is 76.3 Å². The first-order valence-corrected chi connectivity index (χ1v) is 9.80. The Morgan fingerprint density at radius 3 is 2.70 bits per heavy atom. The molecule has 0 spiro atoms. The van der Waals surface area contributed by atoms with Crippen molar-refractivity contribution in [3.63, 3.8) is 0 Å². The molecule has 1 saturated carbocycles. The van der Waals surface area contributed by atoms with E-state index in [0.717, 1.165) is 19.0 Å². The summed E-state index contributed by atoms with van der Waals surface area (Å²) in [5.74, 6) is 0.809. The van der Waals surface area contributed by atoms with E-state index in [9.17, 15) is 0 Å². The van der Waals surface area contributed by atoms with Crippen LogP contribution in [0.5, 0.6) is 0 Å². The summed E-state index contributed by atoms with van der Waals surface area (Å²) in [5, 5.41) is 5.32. The van der Waals surface area contributed by atoms with E-state index in [0.29, 0.717) is 6.04 Å². The van der Waals surface area contributed by atoms with Crippen LogP contribution in [0.2, 0.25) is 0 Å². The number of hydrogen-bond acceptors (Lipinski definition) is 1. The summed E-state index contributed by atoms with van der Waals surface area (Å²) in [6.07, 6.45) is 12.5. The Kier molecular flexibility index (Phi) is 3.47. The van der Waals surface area contributed by atoms with Crippen LogP contribution in [0, 0.1) is 0 Å². The van der Waals surface area contributed by atoms with Crippen molar-refractivity contribution in [2.75, 3.05) is 6.54 Å². The standard InChI is InChI=1S/C21H28N2/c1-2-4-7-15(6-3-1)16-10-11-20-18(14-16)17-8-5-9-19-21(17)23(20)13-12-22-19/h10-11,14-15,19,22H,1-9,12-13H2/t19-/m1/s1. The summed E-state index contributed by atoms with van der Waals surface area (Å²) in [4.78, 5) is 0. The SMILES string of the molecule is c1cc2c(cc1C1CCCCCC1)c1c3n2CCN[C@@H]3CCC1. The fourth-order valence-electron chi connectivity index (χ4n) is 5.40. The van der Waals surface area contributed by atoms with Crippen molar-refractivity contribution >= 4 is 10.9 Å². The second-order valence-electron chi connectivity index (χ2n) is 7.88. The summed E-state index contributed by atoms with van der Waals surface area (Å²) in [5.41, 5.74) is 6.41. The Morgan fingerprint density at radius 2 is 1.83 bits per heavy atom. The second-order valence-corrected chi connectivity index (χ2v) is 7.88. The number of aryl methyl sites for hydroxylation is 1. The summed E-state index contributed by atoms with van der Waals surface area (Å²) in [6.45, 7) is 2.27. The minimum Gasteiger partial charge on any atom is -0.342 e. The summed E-state index contributed by atoms with van der Waals surface area (Å²) >= 11 is 0. The zero-order valence-electron chi connectivity index (χ0n) is 14.1. The Morgan fingerprint density at radius 1 is 0.957 bits per heavy atom. The van der Waals surface area contributed by atoms with Gasteiger partial charge in [-0.2, -0.15) is 0 Å². The van der Waals surface area contributed by atoms with Crippen LogP contribution >= 0.6 is 0 Å². The van der Waals surface area contributed by atoms with Crippen LogP contribution in [0.15, 0.2) is 18.2 Å². The summed E-state index contributed by atoms with van der Waals surface area (Å²) in [7, 11) is 0. The predicted octanol–water partition coefficient (Wildman–Crippen LogP) is 5.06. The fourth-order valence-corrected chi connectivity index (χ4v) is 5.40. The maximum Gasteiger partial charge on any atom is 0.0486 e. The van der Waals surface area contributed by atoms with Crippen molar-refractivity contribution < 1.29 is 0 Å². The van der Waals surface area contributed by atoms with Crippen molar-refractivity contribution in [3.8, 4) is 0 Å². The van der Waals surface area contributed by atoms with E-state index in [1.807, 2.05) is 0 Å². The molecule has 122 valence electrons. The highest BCUT2D eigenvalue weighted by molar-refractivity contribution is 5.87. The summed E-state index contributed by atoms with van der Waals surface area (Å²) in [6, 6.07) is 8.08. The van der Waals surface area contributed by atoms with Crippen LogP contribution in [0.25, 0.3) is 10.9 Å². The topological polar surface area (TPSA) is 17.0 Å². The molecular formula is C21H28N2. The molecule has 23 heavy (non-hydrogen) atoms. The molecule has 2 aromatic rings. The molecule has 2 nitrogen and oxygen atoms in total. The quantitative estimate of drug-likeness (QED) is 0.729. The van der Waals surface area contributed by atoms with E-state index in [1.165, 1.54) is 63.3 Å². The first-order chi connectivity index (χ1) is 11.4. The van der Waals surface area contributed by atoms with Crippen molar-refractivity contribution in [3.05, 3.63) is 35.0 Å². The molecule has 1 aromatic heterocycles. The predicted molar refractivity (Wildman–Crippen MR) is 96.1 cm³/mol. The zero-order valence-corrected chi connectivity index (χ0v) is 14.1. The highest BCUT2D eigenvalue weighted by Crippen LogP contribution is 2.41. The maximum atomic E-state index is 3.74. The van der Waals surface area contributed by atoms with E-state index in [2.05, 4.69) is 28.1 Å². The average molecular weight is 308 g/mol. The second kappa shape index (κ2) is 5.66. The Hall–Kier alpha value is -1.28. The molecule has 3 aliphatic rings. The third-order valence-electron chi connectivity index (χ3n) is 6.54. The van der Waals surface area contributed by atoms with E-state index < -0.39 is 0 Å². The molecule has 0 bridgehead atoms. The maximum absolute atomic E-state index is 3.74. The Bertz CT molecular complexity index is 717. The van der Waals surface area contributed by atoms with Gasteiger partial charge in [0.15, 0.2) is 0 Å². The Labute approximate surface area is 139 Å². The van der Waals surface area contributed by atoms with Crippen LogP contribution in [-0.2, 0) is 13.0 Å². The Balaban J connectivity index is 1.63. The van der Waals surface area contributed by atoms with Gasteiger partial charge in [0.2, 0.25) is 0 Å². The van der Waals surface area contributed by atoms with Gasteiger partial charge >= 0.3 is 0 Å². The number of nitrogens with one attached hydrogen (secondary N) is 1. The van der Waals surface area contributed by atoms with Gasteiger partial charge in [-0.25, -0.2) is 0 Å². The molecule has 1 aliphatic heterocycles. The number of benzene rings is 1. The number of nitrogens with zero attached hydrogens (tertiary/aromatic N) is 1. The minimum absolute atomic E-state index is 0.612. The van der Waals surface area contributed by atoms with Gasteiger partial charge < -0.3 is 9.88 Å². The first kappa shape index (κ1) is 14.1. The molecule has 0 amide bonds. The van der Waals surface area contributed by atoms with Crippen LogP contribution < -0.4 is 5.32 Å². The van der Waals surface area contributed by atoms with Gasteiger partial charge in [0.25, 0.3) is 0 Å². The molecule has 1 aromatic carbocycles. The molecular weight excluding hydrogens is 280 g/mol. The van der Waals surface area contributed by atoms with Gasteiger partial charge in [-0.1, -0.05) is 31.7 Å². The van der Waals surface area contributed by atoms with Gasteiger partial charge in [-0.05, 0) is 61.3 Å². The third-order valence-corrected chi connectivity index (χ3v) is 6.54. The molecule has 0 radical (unpaired) electrons. The van der Waals surface area contributed by atoms with Gasteiger partial charge in [-0.3, -0.25) is 0 Å². The monoisotopic (exact) mass is 308 g/mol. The summed E-state index contributed by atoms with van der Waals surface area (Å²) < 4.78 is 2.63. The zero-order chi connectivity index (χ0) is 15.2.